The molecular formula is C35H42N6O5. The first-order valence-corrected chi connectivity index (χ1v) is 15.6. The van der Waals surface area contributed by atoms with Crippen molar-refractivity contribution in [2.45, 2.75) is 46.4 Å². The Morgan fingerprint density at radius 2 is 1.78 bits per heavy atom. The minimum absolute atomic E-state index is 0.0456. The number of morpholine rings is 1. The van der Waals surface area contributed by atoms with Gasteiger partial charge in [-0.3, -0.25) is 9.59 Å². The van der Waals surface area contributed by atoms with Crippen LogP contribution in [0.5, 0.6) is 11.5 Å². The third-order valence-corrected chi connectivity index (χ3v) is 7.54. The van der Waals surface area contributed by atoms with Crippen molar-refractivity contribution in [2.75, 3.05) is 54.2 Å². The number of hydrogen-bond donors (Lipinski definition) is 4. The van der Waals surface area contributed by atoms with E-state index in [9.17, 15) is 9.59 Å². The molecule has 1 unspecified atom stereocenters. The molecule has 1 aliphatic rings. The Bertz CT molecular complexity index is 1690. The number of nitrogens with zero attached hydrogens (tertiary/aromatic N) is 2. The zero-order valence-corrected chi connectivity index (χ0v) is 26.8. The molecule has 2 heterocycles. The zero-order valence-electron chi connectivity index (χ0n) is 26.8. The van der Waals surface area contributed by atoms with Crippen LogP contribution in [0.25, 0.3) is 10.8 Å². The molecule has 1 atom stereocenters. The van der Waals surface area contributed by atoms with Crippen molar-refractivity contribution >= 4 is 45.5 Å². The molecule has 1 aliphatic heterocycles. The molecule has 1 aromatic heterocycles. The molecule has 46 heavy (non-hydrogen) atoms. The largest absolute Gasteiger partial charge is 0.490 e. The fraction of sp³-hybridized carbons (Fsp3) is 0.343. The van der Waals surface area contributed by atoms with Gasteiger partial charge >= 0.3 is 0 Å². The first kappa shape index (κ1) is 32.4. The van der Waals surface area contributed by atoms with Crippen LogP contribution in [-0.2, 0) is 20.9 Å². The second-order valence-corrected chi connectivity index (χ2v) is 11.4. The van der Waals surface area contributed by atoms with Gasteiger partial charge in [-0.1, -0.05) is 6.07 Å². The molecule has 1 saturated heterocycles. The van der Waals surface area contributed by atoms with E-state index in [0.717, 1.165) is 40.8 Å². The molecule has 0 saturated carbocycles. The summed E-state index contributed by atoms with van der Waals surface area (Å²) in [6.07, 6.45) is 1.62. The Morgan fingerprint density at radius 1 is 1.00 bits per heavy atom. The summed E-state index contributed by atoms with van der Waals surface area (Å²) < 4.78 is 17.5. The number of nitrogens with one attached hydrogen (secondary N) is 3. The summed E-state index contributed by atoms with van der Waals surface area (Å²) in [5.41, 5.74) is 10.0. The Balaban J connectivity index is 1.47. The van der Waals surface area contributed by atoms with E-state index in [-0.39, 0.29) is 24.5 Å². The highest BCUT2D eigenvalue weighted by Crippen LogP contribution is 2.34. The molecule has 11 nitrogen and oxygen atoms in total. The highest BCUT2D eigenvalue weighted by molar-refractivity contribution is 5.94. The number of fused-ring (bicyclic) bond motifs is 1. The van der Waals surface area contributed by atoms with Gasteiger partial charge in [0.05, 0.1) is 25.9 Å². The van der Waals surface area contributed by atoms with Crippen molar-refractivity contribution in [3.05, 3.63) is 78.0 Å². The van der Waals surface area contributed by atoms with Crippen LogP contribution in [-0.4, -0.2) is 55.8 Å². The molecule has 5 rings (SSSR count). The summed E-state index contributed by atoms with van der Waals surface area (Å²) in [6.45, 7) is 10.7. The smallest absolute Gasteiger partial charge is 0.247 e. The number of carbonyl (C=O) groups is 2. The average Bonchev–Trinajstić information content (AvgIpc) is 3.03. The number of amides is 2. The van der Waals surface area contributed by atoms with Gasteiger partial charge in [-0.15, -0.1) is 0 Å². The van der Waals surface area contributed by atoms with E-state index < -0.39 is 6.04 Å². The highest BCUT2D eigenvalue weighted by Gasteiger charge is 2.24. The van der Waals surface area contributed by atoms with Crippen LogP contribution in [0, 0.1) is 0 Å². The van der Waals surface area contributed by atoms with Gasteiger partial charge in [0.15, 0.2) is 11.5 Å². The van der Waals surface area contributed by atoms with E-state index in [1.54, 1.807) is 6.20 Å². The molecule has 2 amide bonds. The van der Waals surface area contributed by atoms with Crippen LogP contribution in [0.3, 0.4) is 0 Å². The van der Waals surface area contributed by atoms with Gasteiger partial charge in [-0.25, -0.2) is 4.98 Å². The molecule has 1 fully saturated rings. The average molecular weight is 627 g/mol. The lowest BCUT2D eigenvalue weighted by atomic mass is 10.0. The molecule has 0 spiro atoms. The van der Waals surface area contributed by atoms with E-state index in [2.05, 4.69) is 25.8 Å². The highest BCUT2D eigenvalue weighted by atomic mass is 16.5. The predicted octanol–water partition coefficient (Wildman–Crippen LogP) is 5.27. The molecule has 0 bridgehead atoms. The summed E-state index contributed by atoms with van der Waals surface area (Å²) in [5.74, 6) is 1.20. The number of nitrogen functional groups attached to an aromatic ring is 1. The summed E-state index contributed by atoms with van der Waals surface area (Å²) in [7, 11) is 0. The number of aromatic nitrogens is 1. The molecule has 242 valence electrons. The van der Waals surface area contributed by atoms with Gasteiger partial charge in [-0.05, 0) is 91.9 Å². The van der Waals surface area contributed by atoms with E-state index in [0.29, 0.717) is 48.4 Å². The van der Waals surface area contributed by atoms with Crippen LogP contribution >= 0.6 is 0 Å². The van der Waals surface area contributed by atoms with Crippen molar-refractivity contribution in [1.29, 1.82) is 0 Å². The minimum atomic E-state index is -0.783. The summed E-state index contributed by atoms with van der Waals surface area (Å²) in [4.78, 5) is 32.4. The number of anilines is 4. The number of carbonyl (C=O) groups excluding carboxylic acids is 2. The maximum absolute atomic E-state index is 14.1. The number of pyridine rings is 1. The molecule has 0 radical (unpaired) electrons. The third kappa shape index (κ3) is 7.97. The van der Waals surface area contributed by atoms with Crippen molar-refractivity contribution < 1.29 is 23.8 Å². The van der Waals surface area contributed by atoms with Gasteiger partial charge in [0, 0.05) is 55.2 Å². The number of nitrogens with two attached hydrogens (primary N) is 1. The standard InChI is InChI=1S/C35H42N6O5/c1-5-45-32-20-25(6-11-31(32)46-22(2)3)33(40-28-7-9-29-24(18-28)12-13-37-34(29)36)35(43)38-21-26-19-27(39-23(4)42)8-10-30(26)41-14-16-44-17-15-41/h6-13,18-20,22,33,40H,5,14-17,21H2,1-4H3,(H2,36,37)(H,38,43)(H,39,42). The molecule has 3 aromatic carbocycles. The van der Waals surface area contributed by atoms with E-state index in [1.807, 2.05) is 81.4 Å². The molecule has 4 aromatic rings. The van der Waals surface area contributed by atoms with Crippen LogP contribution in [0.1, 0.15) is 44.9 Å². The third-order valence-electron chi connectivity index (χ3n) is 7.54. The van der Waals surface area contributed by atoms with E-state index in [1.165, 1.54) is 6.92 Å². The van der Waals surface area contributed by atoms with Gasteiger partial charge < -0.3 is 40.8 Å². The Labute approximate surface area is 269 Å². The number of hydrogen-bond acceptors (Lipinski definition) is 9. The minimum Gasteiger partial charge on any atom is -0.490 e. The SMILES string of the molecule is CCOc1cc(C(Nc2ccc3c(N)nccc3c2)C(=O)NCc2cc(NC(C)=O)ccc2N2CCOCC2)ccc1OC(C)C. The van der Waals surface area contributed by atoms with Crippen molar-refractivity contribution in [3.8, 4) is 11.5 Å². The lowest BCUT2D eigenvalue weighted by molar-refractivity contribution is -0.122. The van der Waals surface area contributed by atoms with Gasteiger partial charge in [0.1, 0.15) is 11.9 Å². The Morgan fingerprint density at radius 3 is 2.52 bits per heavy atom. The Kier molecular flexibility index (Phi) is 10.4. The lowest BCUT2D eigenvalue weighted by Crippen LogP contribution is -2.38. The first-order chi connectivity index (χ1) is 22.2. The zero-order chi connectivity index (χ0) is 32.6. The fourth-order valence-electron chi connectivity index (χ4n) is 5.49. The fourth-order valence-corrected chi connectivity index (χ4v) is 5.49. The van der Waals surface area contributed by atoms with Crippen LogP contribution in [0.15, 0.2) is 66.9 Å². The maximum atomic E-state index is 14.1. The lowest BCUT2D eigenvalue weighted by Gasteiger charge is -2.31. The van der Waals surface area contributed by atoms with Gasteiger partial charge in [0.25, 0.3) is 0 Å². The molecule has 5 N–H and O–H groups in total. The van der Waals surface area contributed by atoms with Gasteiger partial charge in [-0.2, -0.15) is 0 Å². The first-order valence-electron chi connectivity index (χ1n) is 15.6. The van der Waals surface area contributed by atoms with Crippen molar-refractivity contribution in [2.24, 2.45) is 0 Å². The summed E-state index contributed by atoms with van der Waals surface area (Å²) >= 11 is 0. The number of rotatable bonds is 12. The second kappa shape index (κ2) is 14.8. The molecular weight excluding hydrogens is 584 g/mol. The topological polar surface area (TPSA) is 140 Å². The summed E-state index contributed by atoms with van der Waals surface area (Å²) in [5, 5.41) is 11.2. The summed E-state index contributed by atoms with van der Waals surface area (Å²) in [6, 6.07) is 18.1. The normalized spacial score (nSPS) is 13.7. The second-order valence-electron chi connectivity index (χ2n) is 11.4. The number of ether oxygens (including phenoxy) is 3. The molecule has 11 heteroatoms. The van der Waals surface area contributed by atoms with Crippen LogP contribution < -0.4 is 36.1 Å². The number of benzene rings is 3. The monoisotopic (exact) mass is 626 g/mol. The molecule has 0 aliphatic carbocycles. The van der Waals surface area contributed by atoms with Crippen molar-refractivity contribution in [1.82, 2.24) is 10.3 Å². The van der Waals surface area contributed by atoms with Gasteiger partial charge in [0.2, 0.25) is 11.8 Å². The van der Waals surface area contributed by atoms with Crippen LogP contribution in [0.2, 0.25) is 0 Å². The predicted molar refractivity (Wildman–Crippen MR) is 182 cm³/mol. The maximum Gasteiger partial charge on any atom is 0.247 e. The Hall–Kier alpha value is -5.03. The van der Waals surface area contributed by atoms with E-state index >= 15 is 0 Å². The van der Waals surface area contributed by atoms with Crippen molar-refractivity contribution in [3.63, 3.8) is 0 Å². The van der Waals surface area contributed by atoms with E-state index in [4.69, 9.17) is 19.9 Å². The quantitative estimate of drug-likeness (QED) is 0.166. The van der Waals surface area contributed by atoms with Crippen LogP contribution in [0.4, 0.5) is 22.9 Å².